The van der Waals surface area contributed by atoms with Gasteiger partial charge in [0, 0.05) is 6.54 Å². The van der Waals surface area contributed by atoms with Gasteiger partial charge in [-0.25, -0.2) is 4.98 Å². The van der Waals surface area contributed by atoms with Crippen molar-refractivity contribution in [2.45, 2.75) is 12.8 Å². The number of rotatable bonds is 2. The van der Waals surface area contributed by atoms with E-state index in [2.05, 4.69) is 15.6 Å². The third-order valence-electron chi connectivity index (χ3n) is 2.63. The fourth-order valence-corrected chi connectivity index (χ4v) is 1.78. The van der Waals surface area contributed by atoms with Crippen LogP contribution in [0.2, 0.25) is 0 Å². The molecule has 0 unspecified atom stereocenters. The van der Waals surface area contributed by atoms with Crippen molar-refractivity contribution in [1.82, 2.24) is 10.3 Å². The number of aromatic nitrogens is 1. The van der Waals surface area contributed by atoms with E-state index < -0.39 is 5.95 Å². The molecule has 86 valence electrons. The first-order valence-electron chi connectivity index (χ1n) is 5.40. The molecule has 0 spiro atoms. The lowest BCUT2D eigenvalue weighted by Gasteiger charge is -2.21. The van der Waals surface area contributed by atoms with Gasteiger partial charge in [-0.15, -0.1) is 0 Å². The second-order valence-electron chi connectivity index (χ2n) is 3.88. The Morgan fingerprint density at radius 3 is 3.12 bits per heavy atom. The Labute approximate surface area is 93.3 Å². The molecule has 1 aliphatic heterocycles. The monoisotopic (exact) mass is 223 g/mol. The van der Waals surface area contributed by atoms with Gasteiger partial charge in [-0.3, -0.25) is 4.79 Å². The smallest absolute Gasteiger partial charge is 0.229 e. The highest BCUT2D eigenvalue weighted by molar-refractivity contribution is 5.91. The molecular formula is C11H14FN3O. The van der Waals surface area contributed by atoms with Gasteiger partial charge in [-0.2, -0.15) is 4.39 Å². The molecule has 1 aliphatic rings. The van der Waals surface area contributed by atoms with Crippen LogP contribution in [-0.2, 0) is 4.79 Å². The van der Waals surface area contributed by atoms with Gasteiger partial charge in [0.1, 0.15) is 5.82 Å². The normalized spacial score (nSPS) is 20.4. The van der Waals surface area contributed by atoms with E-state index in [0.29, 0.717) is 6.54 Å². The lowest BCUT2D eigenvalue weighted by molar-refractivity contribution is -0.120. The third-order valence-corrected chi connectivity index (χ3v) is 2.63. The number of carbonyl (C=O) groups is 1. The molecule has 0 radical (unpaired) electrons. The summed E-state index contributed by atoms with van der Waals surface area (Å²) in [6.45, 7) is 1.64. The number of hydrogen-bond donors (Lipinski definition) is 2. The molecular weight excluding hydrogens is 209 g/mol. The fraction of sp³-hybridized carbons (Fsp3) is 0.455. The van der Waals surface area contributed by atoms with Gasteiger partial charge in [-0.05, 0) is 31.5 Å². The van der Waals surface area contributed by atoms with Crippen molar-refractivity contribution in [3.05, 3.63) is 24.1 Å². The van der Waals surface area contributed by atoms with Crippen LogP contribution in [0, 0.1) is 11.9 Å². The molecule has 16 heavy (non-hydrogen) atoms. The molecule has 0 aliphatic carbocycles. The highest BCUT2D eigenvalue weighted by atomic mass is 19.1. The summed E-state index contributed by atoms with van der Waals surface area (Å²) in [5.41, 5.74) is 0. The van der Waals surface area contributed by atoms with Crippen molar-refractivity contribution < 1.29 is 9.18 Å². The number of pyridine rings is 1. The van der Waals surface area contributed by atoms with E-state index in [9.17, 15) is 9.18 Å². The van der Waals surface area contributed by atoms with E-state index >= 15 is 0 Å². The van der Waals surface area contributed by atoms with Crippen molar-refractivity contribution in [2.75, 3.05) is 18.4 Å². The van der Waals surface area contributed by atoms with Crippen molar-refractivity contribution in [2.24, 2.45) is 5.92 Å². The van der Waals surface area contributed by atoms with Crippen molar-refractivity contribution in [3.8, 4) is 0 Å². The van der Waals surface area contributed by atoms with E-state index in [1.807, 2.05) is 0 Å². The zero-order valence-electron chi connectivity index (χ0n) is 8.87. The first-order chi connectivity index (χ1) is 7.75. The quantitative estimate of drug-likeness (QED) is 0.740. The second kappa shape index (κ2) is 5.03. The van der Waals surface area contributed by atoms with Crippen LogP contribution in [-0.4, -0.2) is 24.0 Å². The summed E-state index contributed by atoms with van der Waals surface area (Å²) in [6, 6.07) is 4.35. The highest BCUT2D eigenvalue weighted by Gasteiger charge is 2.21. The number of piperidine rings is 1. The molecule has 1 saturated heterocycles. The molecule has 1 aromatic heterocycles. The van der Waals surface area contributed by atoms with Crippen LogP contribution in [0.3, 0.4) is 0 Å². The summed E-state index contributed by atoms with van der Waals surface area (Å²) >= 11 is 0. The molecule has 1 atom stereocenters. The molecule has 0 bridgehead atoms. The summed E-state index contributed by atoms with van der Waals surface area (Å²) in [6.07, 6.45) is 1.86. The standard InChI is InChI=1S/C11H14FN3O/c12-9-4-1-5-10(14-9)15-11(16)8-3-2-6-13-7-8/h1,4-5,8,13H,2-3,6-7H2,(H,14,15,16)/t8-/m1/s1. The Bertz CT molecular complexity index is 377. The van der Waals surface area contributed by atoms with Gasteiger partial charge in [0.2, 0.25) is 11.9 Å². The number of halogens is 1. The first-order valence-corrected chi connectivity index (χ1v) is 5.40. The molecule has 5 heteroatoms. The zero-order valence-corrected chi connectivity index (χ0v) is 8.87. The Morgan fingerprint density at radius 1 is 1.56 bits per heavy atom. The van der Waals surface area contributed by atoms with Crippen molar-refractivity contribution >= 4 is 11.7 Å². The van der Waals surface area contributed by atoms with Crippen LogP contribution in [0.15, 0.2) is 18.2 Å². The average molecular weight is 223 g/mol. The van der Waals surface area contributed by atoms with E-state index in [0.717, 1.165) is 19.4 Å². The maximum atomic E-state index is 12.8. The molecule has 2 N–H and O–H groups in total. The summed E-state index contributed by atoms with van der Waals surface area (Å²) in [5, 5.41) is 5.78. The Morgan fingerprint density at radius 2 is 2.44 bits per heavy atom. The molecule has 2 rings (SSSR count). The zero-order chi connectivity index (χ0) is 11.4. The molecule has 4 nitrogen and oxygen atoms in total. The van der Waals surface area contributed by atoms with Crippen molar-refractivity contribution in [3.63, 3.8) is 0 Å². The lowest BCUT2D eigenvalue weighted by atomic mass is 9.99. The van der Waals surface area contributed by atoms with E-state index in [1.54, 1.807) is 6.07 Å². The molecule has 1 amide bonds. The van der Waals surface area contributed by atoms with Gasteiger partial charge in [0.15, 0.2) is 0 Å². The summed E-state index contributed by atoms with van der Waals surface area (Å²) in [4.78, 5) is 15.4. The van der Waals surface area contributed by atoms with Crippen LogP contribution < -0.4 is 10.6 Å². The molecule has 1 fully saturated rings. The largest absolute Gasteiger partial charge is 0.316 e. The van der Waals surface area contributed by atoms with E-state index in [4.69, 9.17) is 0 Å². The van der Waals surface area contributed by atoms with Gasteiger partial charge in [0.25, 0.3) is 0 Å². The number of anilines is 1. The first kappa shape index (κ1) is 11.0. The van der Waals surface area contributed by atoms with Gasteiger partial charge in [-0.1, -0.05) is 6.07 Å². The Hall–Kier alpha value is -1.49. The summed E-state index contributed by atoms with van der Waals surface area (Å²) in [5.74, 6) is -0.445. The van der Waals surface area contributed by atoms with Crippen LogP contribution >= 0.6 is 0 Å². The minimum Gasteiger partial charge on any atom is -0.316 e. The summed E-state index contributed by atoms with van der Waals surface area (Å²) < 4.78 is 12.8. The van der Waals surface area contributed by atoms with Crippen LogP contribution in [0.4, 0.5) is 10.2 Å². The molecule has 1 aromatic rings. The minimum atomic E-state index is -0.584. The van der Waals surface area contributed by atoms with Crippen molar-refractivity contribution in [1.29, 1.82) is 0 Å². The molecule has 0 saturated carbocycles. The van der Waals surface area contributed by atoms with Crippen LogP contribution in [0.25, 0.3) is 0 Å². The lowest BCUT2D eigenvalue weighted by Crippen LogP contribution is -2.37. The van der Waals surface area contributed by atoms with E-state index in [1.165, 1.54) is 12.1 Å². The summed E-state index contributed by atoms with van der Waals surface area (Å²) in [7, 11) is 0. The van der Waals surface area contributed by atoms with Crippen LogP contribution in [0.5, 0.6) is 0 Å². The fourth-order valence-electron chi connectivity index (χ4n) is 1.78. The maximum Gasteiger partial charge on any atom is 0.229 e. The topological polar surface area (TPSA) is 54.0 Å². The number of amides is 1. The Balaban J connectivity index is 1.96. The SMILES string of the molecule is O=C(Nc1cccc(F)n1)[C@@H]1CCCNC1. The molecule has 2 heterocycles. The van der Waals surface area contributed by atoms with Gasteiger partial charge in [0.05, 0.1) is 5.92 Å². The molecule has 0 aromatic carbocycles. The Kier molecular flexibility index (Phi) is 3.46. The number of nitrogens with zero attached hydrogens (tertiary/aromatic N) is 1. The average Bonchev–Trinajstić information content (AvgIpc) is 2.30. The minimum absolute atomic E-state index is 0.0428. The van der Waals surface area contributed by atoms with Gasteiger partial charge >= 0.3 is 0 Å². The number of hydrogen-bond acceptors (Lipinski definition) is 3. The van der Waals surface area contributed by atoms with Crippen LogP contribution in [0.1, 0.15) is 12.8 Å². The van der Waals surface area contributed by atoms with Gasteiger partial charge < -0.3 is 10.6 Å². The van der Waals surface area contributed by atoms with E-state index in [-0.39, 0.29) is 17.6 Å². The number of carbonyl (C=O) groups excluding carboxylic acids is 1. The predicted octanol–water partition coefficient (Wildman–Crippen LogP) is 1.16. The third kappa shape index (κ3) is 2.76. The second-order valence-corrected chi connectivity index (χ2v) is 3.88. The maximum absolute atomic E-state index is 12.8. The highest BCUT2D eigenvalue weighted by Crippen LogP contribution is 2.12. The predicted molar refractivity (Wildman–Crippen MR) is 58.4 cm³/mol. The number of nitrogens with one attached hydrogen (secondary N) is 2.